The Hall–Kier alpha value is -2.94. The first kappa shape index (κ1) is 21.9. The van der Waals surface area contributed by atoms with Gasteiger partial charge in [-0.15, -0.1) is 21.5 Å². The summed E-state index contributed by atoms with van der Waals surface area (Å²) in [7, 11) is 0. The zero-order valence-corrected chi connectivity index (χ0v) is 19.6. The lowest BCUT2D eigenvalue weighted by molar-refractivity contribution is -0.113. The van der Waals surface area contributed by atoms with Crippen LogP contribution in [0.15, 0.2) is 77.3 Å². The van der Waals surface area contributed by atoms with Crippen LogP contribution in [0.1, 0.15) is 12.8 Å². The summed E-state index contributed by atoms with van der Waals surface area (Å²) in [4.78, 5) is 13.7. The van der Waals surface area contributed by atoms with E-state index in [1.54, 1.807) is 11.3 Å². The number of rotatable bonds is 8. The number of carbonyl (C=O) groups is 1. The summed E-state index contributed by atoms with van der Waals surface area (Å²) in [5.41, 5.74) is 3.05. The van der Waals surface area contributed by atoms with Crippen molar-refractivity contribution in [3.63, 3.8) is 0 Å². The van der Waals surface area contributed by atoms with Crippen molar-refractivity contribution in [3.05, 3.63) is 72.1 Å². The van der Waals surface area contributed by atoms with Gasteiger partial charge in [-0.2, -0.15) is 0 Å². The third-order valence-electron chi connectivity index (χ3n) is 5.48. The fourth-order valence-corrected chi connectivity index (χ4v) is 5.31. The van der Waals surface area contributed by atoms with Gasteiger partial charge in [-0.3, -0.25) is 9.36 Å². The lowest BCUT2D eigenvalue weighted by Gasteiger charge is -2.14. The number of anilines is 1. The lowest BCUT2D eigenvalue weighted by Crippen LogP contribution is -2.18. The summed E-state index contributed by atoms with van der Waals surface area (Å²) in [6.07, 6.45) is 2.27. The van der Waals surface area contributed by atoms with Crippen molar-refractivity contribution >= 4 is 34.7 Å². The lowest BCUT2D eigenvalue weighted by atomic mass is 10.1. The van der Waals surface area contributed by atoms with Crippen LogP contribution in [0.3, 0.4) is 0 Å². The van der Waals surface area contributed by atoms with Crippen LogP contribution in [-0.4, -0.2) is 39.1 Å². The molecule has 1 atom stereocenters. The Morgan fingerprint density at radius 2 is 1.88 bits per heavy atom. The van der Waals surface area contributed by atoms with Crippen LogP contribution in [0.5, 0.6) is 0 Å². The number of hydrogen-bond acceptors (Lipinski definition) is 6. The average Bonchev–Trinajstić information content (AvgIpc) is 3.62. The molecule has 8 heteroatoms. The first-order valence-corrected chi connectivity index (χ1v) is 12.8. The number of ether oxygens (including phenoxy) is 1. The molecule has 2 aromatic carbocycles. The van der Waals surface area contributed by atoms with E-state index in [-0.39, 0.29) is 17.8 Å². The van der Waals surface area contributed by atoms with Gasteiger partial charge in [0.1, 0.15) is 0 Å². The third kappa shape index (κ3) is 5.35. The van der Waals surface area contributed by atoms with E-state index < -0.39 is 0 Å². The Morgan fingerprint density at radius 3 is 2.61 bits per heavy atom. The average molecular weight is 477 g/mol. The number of thioether (sulfide) groups is 1. The Morgan fingerprint density at radius 1 is 1.06 bits per heavy atom. The summed E-state index contributed by atoms with van der Waals surface area (Å²) >= 11 is 3.04. The van der Waals surface area contributed by atoms with Crippen LogP contribution in [0.4, 0.5) is 5.69 Å². The van der Waals surface area contributed by atoms with E-state index in [0.29, 0.717) is 6.54 Å². The molecule has 5 rings (SSSR count). The van der Waals surface area contributed by atoms with Gasteiger partial charge in [0, 0.05) is 12.3 Å². The molecule has 2 aromatic heterocycles. The number of benzene rings is 2. The Kier molecular flexibility index (Phi) is 6.85. The first-order valence-electron chi connectivity index (χ1n) is 10.9. The highest BCUT2D eigenvalue weighted by molar-refractivity contribution is 7.99. The highest BCUT2D eigenvalue weighted by Gasteiger charge is 2.22. The van der Waals surface area contributed by atoms with Crippen molar-refractivity contribution in [2.24, 2.45) is 0 Å². The van der Waals surface area contributed by atoms with Crippen molar-refractivity contribution in [3.8, 4) is 21.8 Å². The van der Waals surface area contributed by atoms with E-state index in [2.05, 4.69) is 32.2 Å². The summed E-state index contributed by atoms with van der Waals surface area (Å²) in [6, 6.07) is 22.1. The molecule has 1 N–H and O–H groups in total. The van der Waals surface area contributed by atoms with E-state index in [1.807, 2.05) is 60.0 Å². The SMILES string of the molecule is O=C(CSc1nnc(-c2cccs2)n1CC1CCCO1)Nc1ccc(-c2ccccc2)cc1. The smallest absolute Gasteiger partial charge is 0.234 e. The van der Waals surface area contributed by atoms with Gasteiger partial charge < -0.3 is 10.1 Å². The third-order valence-corrected chi connectivity index (χ3v) is 7.31. The fourth-order valence-electron chi connectivity index (χ4n) is 3.84. The van der Waals surface area contributed by atoms with Gasteiger partial charge in [0.2, 0.25) is 5.91 Å². The molecule has 0 radical (unpaired) electrons. The molecule has 1 unspecified atom stereocenters. The molecule has 6 nitrogen and oxygen atoms in total. The Bertz CT molecular complexity index is 1190. The van der Waals surface area contributed by atoms with E-state index in [4.69, 9.17) is 4.74 Å². The van der Waals surface area contributed by atoms with Crippen molar-refractivity contribution in [2.45, 2.75) is 30.6 Å². The Labute approximate surface area is 201 Å². The predicted octanol–water partition coefficient (Wildman–Crippen LogP) is 5.58. The number of nitrogens with one attached hydrogen (secondary N) is 1. The molecule has 1 aliphatic rings. The molecule has 4 aromatic rings. The van der Waals surface area contributed by atoms with Crippen molar-refractivity contribution < 1.29 is 9.53 Å². The van der Waals surface area contributed by atoms with Gasteiger partial charge in [0.05, 0.1) is 23.3 Å². The molecule has 1 aliphatic heterocycles. The van der Waals surface area contributed by atoms with Gasteiger partial charge in [-0.25, -0.2) is 0 Å². The second kappa shape index (κ2) is 10.3. The highest BCUT2D eigenvalue weighted by Crippen LogP contribution is 2.29. The van der Waals surface area contributed by atoms with Gasteiger partial charge in [-0.05, 0) is 47.5 Å². The molecule has 0 bridgehead atoms. The van der Waals surface area contributed by atoms with Gasteiger partial charge in [-0.1, -0.05) is 60.3 Å². The van der Waals surface area contributed by atoms with Gasteiger partial charge in [0.15, 0.2) is 11.0 Å². The summed E-state index contributed by atoms with van der Waals surface area (Å²) < 4.78 is 7.93. The molecule has 1 saturated heterocycles. The first-order chi connectivity index (χ1) is 16.3. The minimum absolute atomic E-state index is 0.0724. The number of carbonyl (C=O) groups excluding carboxylic acids is 1. The zero-order valence-electron chi connectivity index (χ0n) is 18.0. The second-order valence-electron chi connectivity index (χ2n) is 7.81. The molecular weight excluding hydrogens is 452 g/mol. The molecule has 1 fully saturated rings. The summed E-state index contributed by atoms with van der Waals surface area (Å²) in [5.74, 6) is 1.02. The topological polar surface area (TPSA) is 69.0 Å². The maximum Gasteiger partial charge on any atom is 0.234 e. The minimum atomic E-state index is -0.0724. The molecular formula is C25H24N4O2S2. The van der Waals surface area contributed by atoms with Crippen LogP contribution in [0.2, 0.25) is 0 Å². The molecule has 1 amide bonds. The van der Waals surface area contributed by atoms with E-state index in [9.17, 15) is 4.79 Å². The minimum Gasteiger partial charge on any atom is -0.376 e. The molecule has 168 valence electrons. The van der Waals surface area contributed by atoms with Gasteiger partial charge >= 0.3 is 0 Å². The van der Waals surface area contributed by atoms with Crippen LogP contribution in [0, 0.1) is 0 Å². The number of amides is 1. The zero-order chi connectivity index (χ0) is 22.5. The maximum absolute atomic E-state index is 12.6. The molecule has 3 heterocycles. The normalized spacial score (nSPS) is 15.6. The summed E-state index contributed by atoms with van der Waals surface area (Å²) in [6.45, 7) is 1.50. The highest BCUT2D eigenvalue weighted by atomic mass is 32.2. The van der Waals surface area contributed by atoms with Crippen LogP contribution < -0.4 is 5.32 Å². The van der Waals surface area contributed by atoms with Crippen LogP contribution >= 0.6 is 23.1 Å². The van der Waals surface area contributed by atoms with Crippen LogP contribution in [-0.2, 0) is 16.1 Å². The van der Waals surface area contributed by atoms with Crippen LogP contribution in [0.25, 0.3) is 21.8 Å². The second-order valence-corrected chi connectivity index (χ2v) is 9.70. The molecule has 33 heavy (non-hydrogen) atoms. The summed E-state index contributed by atoms with van der Waals surface area (Å²) in [5, 5.41) is 14.6. The number of thiophene rings is 1. The van der Waals surface area contributed by atoms with Crippen molar-refractivity contribution in [1.82, 2.24) is 14.8 Å². The maximum atomic E-state index is 12.6. The molecule has 0 spiro atoms. The largest absolute Gasteiger partial charge is 0.376 e. The number of hydrogen-bond donors (Lipinski definition) is 1. The standard InChI is InChI=1S/C25H24N4O2S2/c30-23(26-20-12-10-19(11-13-20)18-6-2-1-3-7-18)17-33-25-28-27-24(22-9-5-15-32-22)29(25)16-21-8-4-14-31-21/h1-3,5-7,9-13,15,21H,4,8,14,16-17H2,(H,26,30). The van der Waals surface area contributed by atoms with Crippen molar-refractivity contribution in [2.75, 3.05) is 17.7 Å². The van der Waals surface area contributed by atoms with Gasteiger partial charge in [0.25, 0.3) is 0 Å². The van der Waals surface area contributed by atoms with E-state index >= 15 is 0 Å². The van der Waals surface area contributed by atoms with E-state index in [0.717, 1.165) is 52.1 Å². The fraction of sp³-hybridized carbons (Fsp3) is 0.240. The molecule has 0 saturated carbocycles. The molecule has 0 aliphatic carbocycles. The number of aromatic nitrogens is 3. The quantitative estimate of drug-likeness (QED) is 0.336. The van der Waals surface area contributed by atoms with Crippen molar-refractivity contribution in [1.29, 1.82) is 0 Å². The monoisotopic (exact) mass is 476 g/mol. The van der Waals surface area contributed by atoms with E-state index in [1.165, 1.54) is 11.8 Å². The number of nitrogens with zero attached hydrogens (tertiary/aromatic N) is 3. The predicted molar refractivity (Wildman–Crippen MR) is 134 cm³/mol. The Balaban J connectivity index is 1.24.